The normalized spacial score (nSPS) is 10.4. The van der Waals surface area contributed by atoms with Crippen molar-refractivity contribution < 1.29 is 14.0 Å². The number of nitrogens with one attached hydrogen (secondary N) is 3. The SMILES string of the molecule is CNC(=O)c1cnc(Nc2ccccc2C)c(NC(=O)c2cc(F)c(Cl)c(Cl)c2)c1. The van der Waals surface area contributed by atoms with E-state index in [1.807, 2.05) is 31.2 Å². The summed E-state index contributed by atoms with van der Waals surface area (Å²) in [5.41, 5.74) is 2.17. The molecule has 0 saturated heterocycles. The number of amides is 2. The monoisotopic (exact) mass is 446 g/mol. The molecule has 3 rings (SSSR count). The first kappa shape index (κ1) is 21.5. The van der Waals surface area contributed by atoms with Crippen molar-refractivity contribution in [3.8, 4) is 0 Å². The summed E-state index contributed by atoms with van der Waals surface area (Å²) in [6.45, 7) is 1.91. The van der Waals surface area contributed by atoms with Gasteiger partial charge < -0.3 is 16.0 Å². The molecule has 6 nitrogen and oxygen atoms in total. The Morgan fingerprint density at radius 1 is 1.00 bits per heavy atom. The van der Waals surface area contributed by atoms with Crippen molar-refractivity contribution in [1.29, 1.82) is 0 Å². The maximum Gasteiger partial charge on any atom is 0.255 e. The van der Waals surface area contributed by atoms with E-state index in [1.54, 1.807) is 0 Å². The molecule has 0 saturated carbocycles. The van der Waals surface area contributed by atoms with Crippen LogP contribution in [-0.4, -0.2) is 23.8 Å². The Bertz CT molecular complexity index is 1110. The fraction of sp³-hybridized carbons (Fsp3) is 0.0952. The number of hydrogen-bond acceptors (Lipinski definition) is 4. The Morgan fingerprint density at radius 2 is 1.73 bits per heavy atom. The zero-order valence-corrected chi connectivity index (χ0v) is 17.5. The molecule has 154 valence electrons. The molecule has 30 heavy (non-hydrogen) atoms. The molecule has 0 radical (unpaired) electrons. The van der Waals surface area contributed by atoms with Crippen molar-refractivity contribution in [2.45, 2.75) is 6.92 Å². The fourth-order valence-electron chi connectivity index (χ4n) is 2.65. The molecule has 1 heterocycles. The van der Waals surface area contributed by atoms with Crippen molar-refractivity contribution in [1.82, 2.24) is 10.3 Å². The molecule has 0 atom stereocenters. The van der Waals surface area contributed by atoms with E-state index in [0.717, 1.165) is 17.3 Å². The third-order valence-electron chi connectivity index (χ3n) is 4.27. The van der Waals surface area contributed by atoms with Gasteiger partial charge in [-0.3, -0.25) is 9.59 Å². The highest BCUT2D eigenvalue weighted by Gasteiger charge is 2.17. The second kappa shape index (κ2) is 9.11. The Morgan fingerprint density at radius 3 is 2.40 bits per heavy atom. The molecule has 0 fully saturated rings. The highest BCUT2D eigenvalue weighted by molar-refractivity contribution is 6.42. The standard InChI is InChI=1S/C21H17Cl2FN4O2/c1-11-5-3-4-6-16(11)27-19-17(9-13(10-26-19)20(29)25-2)28-21(30)12-7-14(22)18(23)15(24)8-12/h3-10H,1-2H3,(H,25,29)(H,26,27)(H,28,30). The second-order valence-corrected chi connectivity index (χ2v) is 7.13. The number of pyridine rings is 1. The average Bonchev–Trinajstić information content (AvgIpc) is 2.73. The van der Waals surface area contributed by atoms with Gasteiger partial charge in [-0.15, -0.1) is 0 Å². The van der Waals surface area contributed by atoms with Gasteiger partial charge in [0.25, 0.3) is 11.8 Å². The zero-order valence-electron chi connectivity index (χ0n) is 16.0. The van der Waals surface area contributed by atoms with Crippen LogP contribution in [0, 0.1) is 12.7 Å². The van der Waals surface area contributed by atoms with Gasteiger partial charge in [0.2, 0.25) is 0 Å². The number of aryl methyl sites for hydroxylation is 1. The van der Waals surface area contributed by atoms with E-state index in [-0.39, 0.29) is 32.8 Å². The highest BCUT2D eigenvalue weighted by Crippen LogP contribution is 2.29. The maximum atomic E-state index is 13.9. The summed E-state index contributed by atoms with van der Waals surface area (Å²) in [5, 5.41) is 7.93. The molecule has 2 aromatic carbocycles. The number of para-hydroxylation sites is 1. The highest BCUT2D eigenvalue weighted by atomic mass is 35.5. The first-order valence-electron chi connectivity index (χ1n) is 8.81. The van der Waals surface area contributed by atoms with E-state index in [0.29, 0.717) is 5.82 Å². The van der Waals surface area contributed by atoms with Gasteiger partial charge in [0, 0.05) is 24.5 Å². The summed E-state index contributed by atoms with van der Waals surface area (Å²) < 4.78 is 13.9. The third-order valence-corrected chi connectivity index (χ3v) is 5.05. The van der Waals surface area contributed by atoms with E-state index < -0.39 is 11.7 Å². The van der Waals surface area contributed by atoms with Gasteiger partial charge in [0.15, 0.2) is 5.82 Å². The lowest BCUT2D eigenvalue weighted by atomic mass is 10.1. The minimum absolute atomic E-state index is 0.0333. The Hall–Kier alpha value is -3.16. The summed E-state index contributed by atoms with van der Waals surface area (Å²) in [5.74, 6) is -1.52. The molecule has 0 aliphatic carbocycles. The van der Waals surface area contributed by atoms with Crippen LogP contribution in [0.5, 0.6) is 0 Å². The Labute approximate surface area is 182 Å². The van der Waals surface area contributed by atoms with Gasteiger partial charge in [0.1, 0.15) is 5.82 Å². The lowest BCUT2D eigenvalue weighted by Gasteiger charge is -2.15. The molecule has 9 heteroatoms. The molecule has 2 amide bonds. The van der Waals surface area contributed by atoms with Crippen molar-refractivity contribution in [3.63, 3.8) is 0 Å². The molecule has 3 N–H and O–H groups in total. The van der Waals surface area contributed by atoms with Crippen molar-refractivity contribution in [3.05, 3.63) is 81.2 Å². The van der Waals surface area contributed by atoms with E-state index in [9.17, 15) is 14.0 Å². The van der Waals surface area contributed by atoms with Crippen molar-refractivity contribution in [2.75, 3.05) is 17.7 Å². The van der Waals surface area contributed by atoms with E-state index in [4.69, 9.17) is 23.2 Å². The van der Waals surface area contributed by atoms with Crippen LogP contribution in [0.15, 0.2) is 48.7 Å². The van der Waals surface area contributed by atoms with Gasteiger partial charge in [-0.05, 0) is 36.8 Å². The van der Waals surface area contributed by atoms with E-state index in [2.05, 4.69) is 20.9 Å². The van der Waals surface area contributed by atoms with Crippen LogP contribution in [0.25, 0.3) is 0 Å². The van der Waals surface area contributed by atoms with Crippen LogP contribution >= 0.6 is 23.2 Å². The number of rotatable bonds is 5. The van der Waals surface area contributed by atoms with Crippen LogP contribution in [0.3, 0.4) is 0 Å². The number of benzene rings is 2. The van der Waals surface area contributed by atoms with Gasteiger partial charge in [-0.25, -0.2) is 9.37 Å². The van der Waals surface area contributed by atoms with Crippen LogP contribution in [0.4, 0.5) is 21.6 Å². The first-order valence-corrected chi connectivity index (χ1v) is 9.56. The van der Waals surface area contributed by atoms with E-state index >= 15 is 0 Å². The lowest BCUT2D eigenvalue weighted by molar-refractivity contribution is 0.0961. The summed E-state index contributed by atoms with van der Waals surface area (Å²) in [7, 11) is 1.48. The maximum absolute atomic E-state index is 13.9. The molecule has 0 bridgehead atoms. The van der Waals surface area contributed by atoms with E-state index in [1.165, 1.54) is 25.4 Å². The molecule has 0 aliphatic rings. The number of anilines is 3. The quantitative estimate of drug-likeness (QED) is 0.470. The van der Waals surface area contributed by atoms with Crippen molar-refractivity contribution >= 4 is 52.2 Å². The number of aromatic nitrogens is 1. The predicted octanol–water partition coefficient (Wildman–Crippen LogP) is 5.19. The molecule has 0 aliphatic heterocycles. The largest absolute Gasteiger partial charge is 0.355 e. The molecule has 0 spiro atoms. The molecular formula is C21H17Cl2FN4O2. The lowest BCUT2D eigenvalue weighted by Crippen LogP contribution is -2.20. The average molecular weight is 447 g/mol. The smallest absolute Gasteiger partial charge is 0.255 e. The van der Waals surface area contributed by atoms with Crippen LogP contribution in [0.2, 0.25) is 10.0 Å². The number of carbonyl (C=O) groups excluding carboxylic acids is 2. The molecule has 1 aromatic heterocycles. The molecule has 3 aromatic rings. The van der Waals surface area contributed by atoms with Crippen molar-refractivity contribution in [2.24, 2.45) is 0 Å². The Balaban J connectivity index is 1.99. The predicted molar refractivity (Wildman–Crippen MR) is 116 cm³/mol. The molecular weight excluding hydrogens is 430 g/mol. The zero-order chi connectivity index (χ0) is 21.8. The summed E-state index contributed by atoms with van der Waals surface area (Å²) in [6.07, 6.45) is 1.38. The second-order valence-electron chi connectivity index (χ2n) is 6.35. The Kier molecular flexibility index (Phi) is 6.54. The number of hydrogen-bond donors (Lipinski definition) is 3. The number of nitrogens with zero attached hydrogens (tertiary/aromatic N) is 1. The van der Waals surface area contributed by atoms with Gasteiger partial charge in [0.05, 0.1) is 21.3 Å². The van der Waals surface area contributed by atoms with Gasteiger partial charge in [-0.2, -0.15) is 0 Å². The fourth-order valence-corrected chi connectivity index (χ4v) is 2.97. The summed E-state index contributed by atoms with van der Waals surface area (Å²) >= 11 is 11.6. The minimum atomic E-state index is -0.815. The molecule has 0 unspecified atom stereocenters. The number of carbonyl (C=O) groups is 2. The third kappa shape index (κ3) is 4.69. The summed E-state index contributed by atoms with van der Waals surface area (Å²) in [6, 6.07) is 11.2. The minimum Gasteiger partial charge on any atom is -0.355 e. The van der Waals surface area contributed by atoms with Crippen LogP contribution in [0.1, 0.15) is 26.3 Å². The topological polar surface area (TPSA) is 83.1 Å². The first-order chi connectivity index (χ1) is 14.3. The number of halogens is 3. The van der Waals surface area contributed by atoms with Crippen LogP contribution < -0.4 is 16.0 Å². The summed E-state index contributed by atoms with van der Waals surface area (Å²) in [4.78, 5) is 29.0. The van der Waals surface area contributed by atoms with Gasteiger partial charge >= 0.3 is 0 Å². The van der Waals surface area contributed by atoms with Crippen LogP contribution in [-0.2, 0) is 0 Å². The van der Waals surface area contributed by atoms with Gasteiger partial charge in [-0.1, -0.05) is 41.4 Å².